The van der Waals surface area contributed by atoms with Gasteiger partial charge in [0.05, 0.1) is 13.2 Å². The van der Waals surface area contributed by atoms with Gasteiger partial charge in [0, 0.05) is 6.04 Å². The highest BCUT2D eigenvalue weighted by atomic mass is 16.5. The lowest BCUT2D eigenvalue weighted by atomic mass is 9.84. The molecule has 1 heterocycles. The van der Waals surface area contributed by atoms with Gasteiger partial charge >= 0.3 is 0 Å². The second kappa shape index (κ2) is 7.42. The number of hydrogen-bond donors (Lipinski definition) is 1. The van der Waals surface area contributed by atoms with Gasteiger partial charge in [0.1, 0.15) is 0 Å². The summed E-state index contributed by atoms with van der Waals surface area (Å²) in [4.78, 5) is 0. The van der Waals surface area contributed by atoms with Crippen LogP contribution in [0.4, 0.5) is 0 Å². The minimum Gasteiger partial charge on any atom is -0.372 e. The molecule has 2 aliphatic rings. The van der Waals surface area contributed by atoms with Crippen LogP contribution in [0.1, 0.15) is 74.6 Å². The van der Waals surface area contributed by atoms with Crippen molar-refractivity contribution in [2.24, 2.45) is 5.92 Å². The Morgan fingerprint density at radius 3 is 2.76 bits per heavy atom. The number of benzene rings is 1. The van der Waals surface area contributed by atoms with Gasteiger partial charge in [0.25, 0.3) is 0 Å². The molecule has 0 bridgehead atoms. The van der Waals surface area contributed by atoms with Crippen LogP contribution in [-0.4, -0.2) is 6.54 Å². The molecule has 2 heteroatoms. The third kappa shape index (κ3) is 3.87. The molecule has 3 rings (SSSR count). The van der Waals surface area contributed by atoms with Gasteiger partial charge in [-0.25, -0.2) is 0 Å². The van der Waals surface area contributed by atoms with Crippen molar-refractivity contribution in [3.8, 4) is 0 Å². The van der Waals surface area contributed by atoms with Crippen LogP contribution >= 0.6 is 0 Å². The van der Waals surface area contributed by atoms with E-state index < -0.39 is 0 Å². The molecule has 0 amide bonds. The van der Waals surface area contributed by atoms with E-state index in [0.717, 1.165) is 25.7 Å². The van der Waals surface area contributed by atoms with Crippen LogP contribution in [0.5, 0.6) is 0 Å². The number of ether oxygens (including phenoxy) is 1. The summed E-state index contributed by atoms with van der Waals surface area (Å²) in [5.41, 5.74) is 4.23. The summed E-state index contributed by atoms with van der Waals surface area (Å²) in [5, 5.41) is 3.69. The topological polar surface area (TPSA) is 21.3 Å². The van der Waals surface area contributed by atoms with Crippen LogP contribution in [-0.2, 0) is 18.0 Å². The maximum absolute atomic E-state index is 5.54. The van der Waals surface area contributed by atoms with E-state index in [-0.39, 0.29) is 0 Å². The Morgan fingerprint density at radius 1 is 1.14 bits per heavy atom. The molecule has 0 spiro atoms. The van der Waals surface area contributed by atoms with Crippen molar-refractivity contribution < 1.29 is 4.74 Å². The van der Waals surface area contributed by atoms with Gasteiger partial charge in [-0.1, -0.05) is 57.2 Å². The predicted octanol–water partition coefficient (Wildman–Crippen LogP) is 4.73. The Bertz CT molecular complexity index is 451. The van der Waals surface area contributed by atoms with Crippen molar-refractivity contribution in [3.63, 3.8) is 0 Å². The normalized spacial score (nSPS) is 20.4. The molecule has 1 aliphatic heterocycles. The summed E-state index contributed by atoms with van der Waals surface area (Å²) in [7, 11) is 0. The van der Waals surface area contributed by atoms with Crippen molar-refractivity contribution in [2.45, 2.75) is 71.1 Å². The SMILES string of the molecule is CCNC(CCC1CCCCC1)c1ccc2c(c1)COC2. The largest absolute Gasteiger partial charge is 0.372 e. The van der Waals surface area contributed by atoms with E-state index in [0.29, 0.717) is 6.04 Å². The monoisotopic (exact) mass is 287 g/mol. The van der Waals surface area contributed by atoms with Crippen LogP contribution in [0.25, 0.3) is 0 Å². The van der Waals surface area contributed by atoms with Crippen LogP contribution in [0.3, 0.4) is 0 Å². The third-order valence-corrected chi connectivity index (χ3v) is 5.19. The quantitative estimate of drug-likeness (QED) is 0.817. The average Bonchev–Trinajstić information content (AvgIpc) is 3.00. The molecule has 1 N–H and O–H groups in total. The Labute approximate surface area is 129 Å². The molecular weight excluding hydrogens is 258 g/mol. The van der Waals surface area contributed by atoms with Crippen LogP contribution < -0.4 is 5.32 Å². The molecule has 21 heavy (non-hydrogen) atoms. The molecule has 0 radical (unpaired) electrons. The highest BCUT2D eigenvalue weighted by molar-refractivity contribution is 5.34. The number of fused-ring (bicyclic) bond motifs is 1. The summed E-state index contributed by atoms with van der Waals surface area (Å²) in [6.07, 6.45) is 9.93. The Morgan fingerprint density at radius 2 is 1.95 bits per heavy atom. The minimum atomic E-state index is 0.517. The van der Waals surface area contributed by atoms with E-state index in [1.807, 2.05) is 0 Å². The molecule has 1 atom stereocenters. The third-order valence-electron chi connectivity index (χ3n) is 5.19. The first-order valence-corrected chi connectivity index (χ1v) is 8.79. The van der Waals surface area contributed by atoms with Gasteiger partial charge in [-0.2, -0.15) is 0 Å². The van der Waals surface area contributed by atoms with Gasteiger partial charge in [-0.3, -0.25) is 0 Å². The summed E-state index contributed by atoms with van der Waals surface area (Å²) in [5.74, 6) is 0.970. The molecule has 0 aromatic heterocycles. The van der Waals surface area contributed by atoms with E-state index in [2.05, 4.69) is 30.4 Å². The van der Waals surface area contributed by atoms with E-state index in [9.17, 15) is 0 Å². The van der Waals surface area contributed by atoms with Crippen molar-refractivity contribution >= 4 is 0 Å². The van der Waals surface area contributed by atoms with Crippen LogP contribution in [0, 0.1) is 5.92 Å². The summed E-state index contributed by atoms with van der Waals surface area (Å²) in [6, 6.07) is 7.46. The number of nitrogens with one attached hydrogen (secondary N) is 1. The summed E-state index contributed by atoms with van der Waals surface area (Å²) >= 11 is 0. The molecule has 1 fully saturated rings. The molecule has 1 aromatic carbocycles. The smallest absolute Gasteiger partial charge is 0.0725 e. The first kappa shape index (κ1) is 15.1. The number of rotatable bonds is 6. The fourth-order valence-electron chi connectivity index (χ4n) is 3.92. The standard InChI is InChI=1S/C19H29NO/c1-2-20-19(11-8-15-6-4-3-5-7-15)16-9-10-17-13-21-14-18(17)12-16/h9-10,12,15,19-20H,2-8,11,13-14H2,1H3. The lowest BCUT2D eigenvalue weighted by Gasteiger charge is -2.25. The highest BCUT2D eigenvalue weighted by Gasteiger charge is 2.19. The van der Waals surface area contributed by atoms with E-state index in [4.69, 9.17) is 4.74 Å². The first-order valence-electron chi connectivity index (χ1n) is 8.79. The molecule has 1 unspecified atom stereocenters. The van der Waals surface area contributed by atoms with Crippen molar-refractivity contribution in [3.05, 3.63) is 34.9 Å². The maximum atomic E-state index is 5.54. The molecule has 2 nitrogen and oxygen atoms in total. The minimum absolute atomic E-state index is 0.517. The van der Waals surface area contributed by atoms with E-state index >= 15 is 0 Å². The van der Waals surface area contributed by atoms with Gasteiger partial charge in [0.2, 0.25) is 0 Å². The molecular formula is C19H29NO. The number of hydrogen-bond acceptors (Lipinski definition) is 2. The predicted molar refractivity (Wildman–Crippen MR) is 87.2 cm³/mol. The molecule has 1 aliphatic carbocycles. The Kier molecular flexibility index (Phi) is 5.32. The van der Waals surface area contributed by atoms with Gasteiger partial charge in [0.15, 0.2) is 0 Å². The molecule has 0 saturated heterocycles. The summed E-state index contributed by atoms with van der Waals surface area (Å²) < 4.78 is 5.54. The molecule has 1 aromatic rings. The fourth-order valence-corrected chi connectivity index (χ4v) is 3.92. The first-order chi connectivity index (χ1) is 10.4. The van der Waals surface area contributed by atoms with Gasteiger partial charge in [-0.15, -0.1) is 0 Å². The van der Waals surface area contributed by atoms with Gasteiger partial charge < -0.3 is 10.1 Å². The molecule has 116 valence electrons. The van der Waals surface area contributed by atoms with Gasteiger partial charge in [-0.05, 0) is 42.0 Å². The van der Waals surface area contributed by atoms with Crippen molar-refractivity contribution in [1.82, 2.24) is 5.32 Å². The van der Waals surface area contributed by atoms with Crippen LogP contribution in [0.2, 0.25) is 0 Å². The highest BCUT2D eigenvalue weighted by Crippen LogP contribution is 2.31. The average molecular weight is 287 g/mol. The fraction of sp³-hybridized carbons (Fsp3) is 0.684. The van der Waals surface area contributed by atoms with Crippen molar-refractivity contribution in [1.29, 1.82) is 0 Å². The maximum Gasteiger partial charge on any atom is 0.0725 e. The zero-order chi connectivity index (χ0) is 14.5. The van der Waals surface area contributed by atoms with Crippen molar-refractivity contribution in [2.75, 3.05) is 6.54 Å². The molecule has 1 saturated carbocycles. The zero-order valence-electron chi connectivity index (χ0n) is 13.4. The Balaban J connectivity index is 1.63. The lowest BCUT2D eigenvalue weighted by molar-refractivity contribution is 0.134. The van der Waals surface area contributed by atoms with E-state index in [1.54, 1.807) is 0 Å². The van der Waals surface area contributed by atoms with Crippen LogP contribution in [0.15, 0.2) is 18.2 Å². The Hall–Kier alpha value is -0.860. The van der Waals surface area contributed by atoms with E-state index in [1.165, 1.54) is 61.6 Å². The zero-order valence-corrected chi connectivity index (χ0v) is 13.4. The second-order valence-electron chi connectivity index (χ2n) is 6.71. The summed E-state index contributed by atoms with van der Waals surface area (Å²) in [6.45, 7) is 4.85. The lowest BCUT2D eigenvalue weighted by Crippen LogP contribution is -2.22. The second-order valence-corrected chi connectivity index (χ2v) is 6.71.